The second-order valence-electron chi connectivity index (χ2n) is 6.24. The van der Waals surface area contributed by atoms with Gasteiger partial charge in [-0.25, -0.2) is 4.39 Å². The zero-order chi connectivity index (χ0) is 19.4. The summed E-state index contributed by atoms with van der Waals surface area (Å²) >= 11 is 0. The number of benzene rings is 2. The zero-order valence-electron chi connectivity index (χ0n) is 14.9. The van der Waals surface area contributed by atoms with Crippen molar-refractivity contribution in [3.63, 3.8) is 0 Å². The molecule has 1 fully saturated rings. The van der Waals surface area contributed by atoms with Crippen LogP contribution in [0.4, 0.5) is 15.8 Å². The molecule has 2 aromatic rings. The first-order valence-electron chi connectivity index (χ1n) is 8.69. The summed E-state index contributed by atoms with van der Waals surface area (Å²) in [6, 6.07) is 10.1. The molecule has 8 heteroatoms. The van der Waals surface area contributed by atoms with Crippen LogP contribution in [0.2, 0.25) is 0 Å². The number of rotatable bonds is 7. The van der Waals surface area contributed by atoms with Crippen LogP contribution in [-0.4, -0.2) is 34.9 Å². The Morgan fingerprint density at radius 2 is 2.04 bits per heavy atom. The van der Waals surface area contributed by atoms with Gasteiger partial charge < -0.3 is 15.0 Å². The number of carbonyl (C=O) groups excluding carboxylic acids is 1. The number of hydrogen-bond acceptors (Lipinski definition) is 5. The van der Waals surface area contributed by atoms with Crippen molar-refractivity contribution in [1.82, 2.24) is 4.90 Å². The largest absolute Gasteiger partial charge is 0.487 e. The molecule has 1 atom stereocenters. The molecule has 0 radical (unpaired) electrons. The minimum Gasteiger partial charge on any atom is -0.487 e. The highest BCUT2D eigenvalue weighted by atomic mass is 19.1. The van der Waals surface area contributed by atoms with Gasteiger partial charge in [-0.1, -0.05) is 12.1 Å². The quantitative estimate of drug-likeness (QED) is 0.594. The molecule has 0 spiro atoms. The summed E-state index contributed by atoms with van der Waals surface area (Å²) in [4.78, 5) is 24.9. The molecule has 0 aliphatic carbocycles. The van der Waals surface area contributed by atoms with Crippen molar-refractivity contribution in [2.45, 2.75) is 25.9 Å². The van der Waals surface area contributed by atoms with Crippen molar-refractivity contribution in [2.24, 2.45) is 0 Å². The van der Waals surface area contributed by atoms with E-state index >= 15 is 0 Å². The van der Waals surface area contributed by atoms with Crippen molar-refractivity contribution in [1.29, 1.82) is 0 Å². The Labute approximate surface area is 155 Å². The lowest BCUT2D eigenvalue weighted by Crippen LogP contribution is -2.33. The summed E-state index contributed by atoms with van der Waals surface area (Å²) in [6.45, 7) is 3.05. The van der Waals surface area contributed by atoms with E-state index in [1.54, 1.807) is 30.0 Å². The third-order valence-electron chi connectivity index (χ3n) is 4.38. The van der Waals surface area contributed by atoms with E-state index in [9.17, 15) is 19.3 Å². The maximum atomic E-state index is 13.0. The Morgan fingerprint density at radius 3 is 2.70 bits per heavy atom. The zero-order valence-corrected chi connectivity index (χ0v) is 14.9. The summed E-state index contributed by atoms with van der Waals surface area (Å²) in [6.07, 6.45) is 0.612. The fourth-order valence-corrected chi connectivity index (χ4v) is 3.07. The van der Waals surface area contributed by atoms with E-state index in [-0.39, 0.29) is 23.2 Å². The van der Waals surface area contributed by atoms with Crippen molar-refractivity contribution < 1.29 is 18.8 Å². The van der Waals surface area contributed by atoms with Gasteiger partial charge >= 0.3 is 5.69 Å². The molecule has 0 aromatic heterocycles. The van der Waals surface area contributed by atoms with Gasteiger partial charge in [-0.05, 0) is 37.1 Å². The number of amides is 1. The molecular formula is C19H20FN3O4. The van der Waals surface area contributed by atoms with Crippen LogP contribution in [0.25, 0.3) is 0 Å². The van der Waals surface area contributed by atoms with E-state index in [0.29, 0.717) is 31.8 Å². The van der Waals surface area contributed by atoms with Gasteiger partial charge in [0.2, 0.25) is 5.91 Å². The summed E-state index contributed by atoms with van der Waals surface area (Å²) in [5.41, 5.74) is 1.34. The van der Waals surface area contributed by atoms with E-state index < -0.39 is 11.0 Å². The molecule has 1 unspecified atom stereocenters. The van der Waals surface area contributed by atoms with Crippen LogP contribution in [-0.2, 0) is 11.3 Å². The second-order valence-corrected chi connectivity index (χ2v) is 6.24. The predicted molar refractivity (Wildman–Crippen MR) is 98.1 cm³/mol. The number of nitro groups is 1. The molecule has 1 saturated heterocycles. The fraction of sp³-hybridized carbons (Fsp3) is 0.316. The third-order valence-corrected chi connectivity index (χ3v) is 4.38. The summed E-state index contributed by atoms with van der Waals surface area (Å²) in [5, 5.41) is 14.2. The molecule has 142 valence electrons. The van der Waals surface area contributed by atoms with Crippen LogP contribution >= 0.6 is 0 Å². The van der Waals surface area contributed by atoms with Gasteiger partial charge in [-0.3, -0.25) is 14.9 Å². The topological polar surface area (TPSA) is 84.7 Å². The monoisotopic (exact) mass is 373 g/mol. The van der Waals surface area contributed by atoms with Gasteiger partial charge in [0.25, 0.3) is 0 Å². The van der Waals surface area contributed by atoms with E-state index in [4.69, 9.17) is 4.74 Å². The van der Waals surface area contributed by atoms with Gasteiger partial charge in [-0.15, -0.1) is 0 Å². The molecule has 0 bridgehead atoms. The number of halogens is 1. The van der Waals surface area contributed by atoms with Crippen molar-refractivity contribution in [2.75, 3.05) is 18.5 Å². The van der Waals surface area contributed by atoms with Gasteiger partial charge in [0.05, 0.1) is 11.5 Å². The number of likely N-dealkylation sites (tertiary alicyclic amines) is 1. The molecular weight excluding hydrogens is 353 g/mol. The lowest BCUT2D eigenvalue weighted by Gasteiger charge is -2.18. The van der Waals surface area contributed by atoms with E-state index in [1.165, 1.54) is 24.3 Å². The van der Waals surface area contributed by atoms with E-state index in [1.807, 2.05) is 0 Å². The normalized spacial score (nSPS) is 16.4. The smallest absolute Gasteiger partial charge is 0.311 e. The lowest BCUT2D eigenvalue weighted by atomic mass is 10.2. The van der Waals surface area contributed by atoms with Crippen LogP contribution in [0.5, 0.6) is 5.75 Å². The standard InChI is InChI=1S/C19H20FN3O4/c1-2-27-18-11-15(7-8-17(18)23(25)26)21-16-9-10-22(19(16)24)12-13-3-5-14(20)6-4-13/h3-8,11,16,21H,2,9-10,12H2,1H3. The fourth-order valence-electron chi connectivity index (χ4n) is 3.07. The van der Waals surface area contributed by atoms with Crippen molar-refractivity contribution in [3.05, 3.63) is 64.0 Å². The highest BCUT2D eigenvalue weighted by molar-refractivity contribution is 5.86. The van der Waals surface area contributed by atoms with Gasteiger partial charge in [0.1, 0.15) is 11.9 Å². The highest BCUT2D eigenvalue weighted by Crippen LogP contribution is 2.31. The summed E-state index contributed by atoms with van der Waals surface area (Å²) < 4.78 is 18.3. The Morgan fingerprint density at radius 1 is 1.30 bits per heavy atom. The van der Waals surface area contributed by atoms with Crippen LogP contribution in [0.15, 0.2) is 42.5 Å². The summed E-state index contributed by atoms with van der Waals surface area (Å²) in [5.74, 6) is -0.203. The Hall–Kier alpha value is -3.16. The predicted octanol–water partition coefficient (Wildman–Crippen LogP) is 3.35. The van der Waals surface area contributed by atoms with Crippen molar-refractivity contribution >= 4 is 17.3 Å². The van der Waals surface area contributed by atoms with Gasteiger partial charge in [-0.2, -0.15) is 0 Å². The summed E-state index contributed by atoms with van der Waals surface area (Å²) in [7, 11) is 0. The Kier molecular flexibility index (Phi) is 5.54. The van der Waals surface area contributed by atoms with E-state index in [2.05, 4.69) is 5.32 Å². The minimum atomic E-state index is -0.500. The van der Waals surface area contributed by atoms with Gasteiger partial charge in [0.15, 0.2) is 5.75 Å². The maximum Gasteiger partial charge on any atom is 0.311 e. The average Bonchev–Trinajstić information content (AvgIpc) is 2.97. The Balaban J connectivity index is 1.67. The number of nitrogens with zero attached hydrogens (tertiary/aromatic N) is 2. The molecule has 1 aliphatic heterocycles. The van der Waals surface area contributed by atoms with Crippen LogP contribution < -0.4 is 10.1 Å². The minimum absolute atomic E-state index is 0.0596. The molecule has 1 aliphatic rings. The molecule has 2 aromatic carbocycles. The van der Waals surface area contributed by atoms with Gasteiger partial charge in [0, 0.05) is 30.9 Å². The number of hydrogen-bond donors (Lipinski definition) is 1. The van der Waals surface area contributed by atoms with E-state index in [0.717, 1.165) is 5.56 Å². The van der Waals surface area contributed by atoms with Crippen LogP contribution in [0.3, 0.4) is 0 Å². The molecule has 3 rings (SSSR count). The number of nitrogens with one attached hydrogen (secondary N) is 1. The third kappa shape index (κ3) is 4.33. The molecule has 7 nitrogen and oxygen atoms in total. The maximum absolute atomic E-state index is 13.0. The number of ether oxygens (including phenoxy) is 1. The SMILES string of the molecule is CCOc1cc(NC2CCN(Cc3ccc(F)cc3)C2=O)ccc1[N+](=O)[O-]. The van der Waals surface area contributed by atoms with Crippen LogP contribution in [0, 0.1) is 15.9 Å². The van der Waals surface area contributed by atoms with Crippen LogP contribution in [0.1, 0.15) is 18.9 Å². The Bertz CT molecular complexity index is 841. The first-order valence-corrected chi connectivity index (χ1v) is 8.69. The van der Waals surface area contributed by atoms with Crippen molar-refractivity contribution in [3.8, 4) is 5.75 Å². The number of nitro benzene ring substituents is 1. The number of anilines is 1. The molecule has 1 N–H and O–H groups in total. The number of carbonyl (C=O) groups is 1. The molecule has 1 heterocycles. The molecule has 1 amide bonds. The lowest BCUT2D eigenvalue weighted by molar-refractivity contribution is -0.385. The highest BCUT2D eigenvalue weighted by Gasteiger charge is 2.31. The average molecular weight is 373 g/mol. The molecule has 0 saturated carbocycles. The first-order chi connectivity index (χ1) is 13.0. The molecule has 27 heavy (non-hydrogen) atoms. The first kappa shape index (κ1) is 18.6. The second kappa shape index (κ2) is 8.03.